The number of aryl methyl sites for hydroxylation is 1. The Morgan fingerprint density at radius 1 is 1.02 bits per heavy atom. The highest BCUT2D eigenvalue weighted by molar-refractivity contribution is 7.90. The minimum absolute atomic E-state index is 0.118. The average molecular weight is 560 g/mol. The molecular weight excluding hydrogens is 530 g/mol. The highest BCUT2D eigenvalue weighted by Gasteiger charge is 2.37. The standard InChI is InChI=1S/C27H29N9O3S/c1-35-16-18(13-30-35)5-6-19-14-29-26(12-24(19)32-21-3-2-4-22(37)11-21)33-25-9-10-28-27(34-25)20-15-31-36(17-20)40(38,39)23-7-8-23/h9-10,12-17,21-23,37H,2-4,7-8,11H2,1H3,(H2,28,29,32,33,34)/t21?,22-/m1/s1. The molecule has 3 N–H and O–H groups in total. The van der Waals surface area contributed by atoms with Gasteiger partial charge in [0.25, 0.3) is 10.0 Å². The first-order chi connectivity index (χ1) is 19.3. The highest BCUT2D eigenvalue weighted by atomic mass is 32.2. The third kappa shape index (κ3) is 5.83. The quantitative estimate of drug-likeness (QED) is 0.288. The molecule has 0 radical (unpaired) electrons. The van der Waals surface area contributed by atoms with Crippen LogP contribution >= 0.6 is 0 Å². The fourth-order valence-electron chi connectivity index (χ4n) is 4.66. The van der Waals surface area contributed by atoms with Gasteiger partial charge in [0.2, 0.25) is 0 Å². The van der Waals surface area contributed by atoms with E-state index in [4.69, 9.17) is 0 Å². The first-order valence-electron chi connectivity index (χ1n) is 13.2. The van der Waals surface area contributed by atoms with E-state index < -0.39 is 10.0 Å². The zero-order chi connectivity index (χ0) is 27.7. The van der Waals surface area contributed by atoms with Crippen molar-refractivity contribution >= 4 is 27.3 Å². The number of rotatable bonds is 7. The molecule has 2 aliphatic rings. The van der Waals surface area contributed by atoms with E-state index in [2.05, 4.69) is 47.6 Å². The zero-order valence-corrected chi connectivity index (χ0v) is 22.7. The first-order valence-corrected chi connectivity index (χ1v) is 14.7. The van der Waals surface area contributed by atoms with E-state index in [1.165, 1.54) is 12.4 Å². The topological polar surface area (TPSA) is 153 Å². The van der Waals surface area contributed by atoms with Crippen molar-refractivity contribution in [2.45, 2.75) is 55.9 Å². The number of pyridine rings is 1. The van der Waals surface area contributed by atoms with Crippen LogP contribution in [-0.2, 0) is 17.1 Å². The van der Waals surface area contributed by atoms with E-state index in [1.54, 1.807) is 29.3 Å². The van der Waals surface area contributed by atoms with Crippen molar-refractivity contribution in [1.82, 2.24) is 33.9 Å². The van der Waals surface area contributed by atoms with Gasteiger partial charge in [-0.15, -0.1) is 0 Å². The monoisotopic (exact) mass is 559 g/mol. The van der Waals surface area contributed by atoms with Crippen molar-refractivity contribution in [2.24, 2.45) is 7.05 Å². The van der Waals surface area contributed by atoms with Crippen molar-refractivity contribution in [3.8, 4) is 23.2 Å². The molecule has 4 aromatic rings. The SMILES string of the molecule is Cn1cc(C#Cc2cnc(Nc3ccnc(-c4cnn(S(=O)(=O)C5CC5)c4)n3)cc2NC2CCC[C@@H](O)C2)cn1. The zero-order valence-electron chi connectivity index (χ0n) is 21.9. The second kappa shape index (κ2) is 10.7. The molecule has 0 spiro atoms. The van der Waals surface area contributed by atoms with Crippen LogP contribution in [0.5, 0.6) is 0 Å². The van der Waals surface area contributed by atoms with Crippen LogP contribution in [0, 0.1) is 11.8 Å². The molecule has 1 unspecified atom stereocenters. The predicted octanol–water partition coefficient (Wildman–Crippen LogP) is 2.67. The van der Waals surface area contributed by atoms with Gasteiger partial charge in [-0.05, 0) is 44.6 Å². The number of hydrogen-bond acceptors (Lipinski definition) is 10. The van der Waals surface area contributed by atoms with E-state index in [-0.39, 0.29) is 17.4 Å². The molecule has 4 heterocycles. The van der Waals surface area contributed by atoms with Crippen molar-refractivity contribution in [2.75, 3.05) is 10.6 Å². The fraction of sp³-hybridized carbons (Fsp3) is 0.370. The summed E-state index contributed by atoms with van der Waals surface area (Å²) in [6, 6.07) is 3.69. The van der Waals surface area contributed by atoms with Gasteiger partial charge in [-0.3, -0.25) is 4.68 Å². The summed E-state index contributed by atoms with van der Waals surface area (Å²) in [5.41, 5.74) is 2.82. The average Bonchev–Trinajstić information content (AvgIpc) is 3.53. The number of aliphatic hydroxyl groups excluding tert-OH is 1. The molecule has 40 heavy (non-hydrogen) atoms. The Morgan fingerprint density at radius 2 is 1.90 bits per heavy atom. The lowest BCUT2D eigenvalue weighted by atomic mass is 9.92. The lowest BCUT2D eigenvalue weighted by Crippen LogP contribution is -2.30. The molecule has 13 heteroatoms. The van der Waals surface area contributed by atoms with Gasteiger partial charge in [0, 0.05) is 37.7 Å². The van der Waals surface area contributed by atoms with Gasteiger partial charge in [0.05, 0.1) is 52.3 Å². The second-order valence-electron chi connectivity index (χ2n) is 10.2. The first kappa shape index (κ1) is 26.0. The molecule has 0 amide bonds. The Labute approximate surface area is 231 Å². The predicted molar refractivity (Wildman–Crippen MR) is 149 cm³/mol. The van der Waals surface area contributed by atoms with E-state index in [9.17, 15) is 13.5 Å². The normalized spacial score (nSPS) is 19.1. The molecule has 2 fully saturated rings. The molecule has 2 saturated carbocycles. The Morgan fingerprint density at radius 3 is 2.67 bits per heavy atom. The summed E-state index contributed by atoms with van der Waals surface area (Å²) in [5, 5.41) is 24.8. The van der Waals surface area contributed by atoms with Crippen molar-refractivity contribution in [1.29, 1.82) is 0 Å². The molecule has 206 valence electrons. The van der Waals surface area contributed by atoms with Crippen LogP contribution in [0.2, 0.25) is 0 Å². The van der Waals surface area contributed by atoms with E-state index in [1.807, 2.05) is 19.3 Å². The van der Waals surface area contributed by atoms with Gasteiger partial charge in [-0.25, -0.2) is 23.4 Å². The molecule has 0 aromatic carbocycles. The number of anilines is 3. The van der Waals surface area contributed by atoms with Crippen LogP contribution in [0.1, 0.15) is 49.7 Å². The molecule has 2 atom stereocenters. The van der Waals surface area contributed by atoms with Crippen LogP contribution in [0.15, 0.2) is 49.3 Å². The number of aliphatic hydroxyl groups is 1. The maximum atomic E-state index is 12.5. The number of aromatic nitrogens is 7. The minimum atomic E-state index is -3.47. The van der Waals surface area contributed by atoms with Crippen LogP contribution in [0.25, 0.3) is 11.4 Å². The Kier molecular flexibility index (Phi) is 6.95. The molecular formula is C27H29N9O3S. The molecule has 0 saturated heterocycles. The molecule has 6 rings (SSSR count). The summed E-state index contributed by atoms with van der Waals surface area (Å²) in [4.78, 5) is 13.4. The lowest BCUT2D eigenvalue weighted by molar-refractivity contribution is 0.124. The molecule has 4 aromatic heterocycles. The van der Waals surface area contributed by atoms with Gasteiger partial charge in [0.15, 0.2) is 5.82 Å². The van der Waals surface area contributed by atoms with Crippen LogP contribution in [0.4, 0.5) is 17.3 Å². The Bertz CT molecular complexity index is 1700. The summed E-state index contributed by atoms with van der Waals surface area (Å²) in [7, 11) is -1.63. The third-order valence-corrected chi connectivity index (χ3v) is 8.93. The van der Waals surface area contributed by atoms with E-state index in [0.717, 1.165) is 40.2 Å². The fourth-order valence-corrected chi connectivity index (χ4v) is 6.14. The number of hydrogen-bond donors (Lipinski definition) is 3. The molecule has 12 nitrogen and oxygen atoms in total. The van der Waals surface area contributed by atoms with Crippen LogP contribution in [0.3, 0.4) is 0 Å². The highest BCUT2D eigenvalue weighted by Crippen LogP contribution is 2.30. The summed E-state index contributed by atoms with van der Waals surface area (Å²) < 4.78 is 27.7. The second-order valence-corrected chi connectivity index (χ2v) is 12.2. The summed E-state index contributed by atoms with van der Waals surface area (Å²) in [6.45, 7) is 0. The summed E-state index contributed by atoms with van der Waals surface area (Å²) in [5.74, 6) is 7.70. The maximum Gasteiger partial charge on any atom is 0.256 e. The summed E-state index contributed by atoms with van der Waals surface area (Å²) in [6.07, 6.45) is 14.1. The summed E-state index contributed by atoms with van der Waals surface area (Å²) >= 11 is 0. The number of nitrogens with one attached hydrogen (secondary N) is 2. The molecule has 0 bridgehead atoms. The van der Waals surface area contributed by atoms with Crippen LogP contribution < -0.4 is 10.6 Å². The lowest BCUT2D eigenvalue weighted by Gasteiger charge is -2.28. The van der Waals surface area contributed by atoms with E-state index >= 15 is 0 Å². The van der Waals surface area contributed by atoms with E-state index in [0.29, 0.717) is 42.3 Å². The van der Waals surface area contributed by atoms with Gasteiger partial charge in [0.1, 0.15) is 11.6 Å². The van der Waals surface area contributed by atoms with Crippen LogP contribution in [-0.4, -0.2) is 64.8 Å². The van der Waals surface area contributed by atoms with Crippen molar-refractivity contribution in [3.05, 3.63) is 60.4 Å². The van der Waals surface area contributed by atoms with Gasteiger partial charge in [-0.2, -0.15) is 14.3 Å². The number of nitrogens with zero attached hydrogens (tertiary/aromatic N) is 7. The Hall–Kier alpha value is -4.28. The Balaban J connectivity index is 1.25. The van der Waals surface area contributed by atoms with Crippen molar-refractivity contribution in [3.63, 3.8) is 0 Å². The largest absolute Gasteiger partial charge is 0.393 e. The molecule has 0 aliphatic heterocycles. The maximum absolute atomic E-state index is 12.5. The van der Waals surface area contributed by atoms with Gasteiger partial charge < -0.3 is 15.7 Å². The third-order valence-electron chi connectivity index (χ3n) is 6.89. The minimum Gasteiger partial charge on any atom is -0.393 e. The van der Waals surface area contributed by atoms with Gasteiger partial charge in [-0.1, -0.05) is 11.8 Å². The smallest absolute Gasteiger partial charge is 0.256 e. The van der Waals surface area contributed by atoms with Gasteiger partial charge >= 0.3 is 0 Å². The molecule has 2 aliphatic carbocycles. The van der Waals surface area contributed by atoms with Crippen molar-refractivity contribution < 1.29 is 13.5 Å².